The summed E-state index contributed by atoms with van der Waals surface area (Å²) < 4.78 is 0. The Balaban J connectivity index is 1.90. The summed E-state index contributed by atoms with van der Waals surface area (Å²) in [7, 11) is 0. The maximum atomic E-state index is 12.2. The summed E-state index contributed by atoms with van der Waals surface area (Å²) >= 11 is 5.97. The number of nitrogens with one attached hydrogen (secondary N) is 1. The third kappa shape index (κ3) is 4.22. The molecular formula is C16H23ClN2O. The Bertz CT molecular complexity index is 469. The van der Waals surface area contributed by atoms with Gasteiger partial charge in [0.1, 0.15) is 0 Å². The fourth-order valence-electron chi connectivity index (χ4n) is 2.90. The molecule has 20 heavy (non-hydrogen) atoms. The van der Waals surface area contributed by atoms with Gasteiger partial charge in [-0.3, -0.25) is 4.79 Å². The van der Waals surface area contributed by atoms with Crippen LogP contribution >= 0.6 is 11.6 Å². The standard InChI is InChI=1S/C16H23ClN2O/c1-12(13-6-5-7-14(17)10-13)19-15(20)11-16(18)8-3-2-4-9-16/h5-7,10,12H,2-4,8-9,11,18H2,1H3,(H,19,20)/t12-/m1/s1. The van der Waals surface area contributed by atoms with E-state index in [1.165, 1.54) is 6.42 Å². The Hall–Kier alpha value is -1.06. The number of amides is 1. The molecule has 1 aromatic carbocycles. The minimum Gasteiger partial charge on any atom is -0.350 e. The van der Waals surface area contributed by atoms with Gasteiger partial charge in [-0.25, -0.2) is 0 Å². The van der Waals surface area contributed by atoms with Crippen molar-refractivity contribution in [1.82, 2.24) is 5.32 Å². The Morgan fingerprint density at radius 3 is 2.75 bits per heavy atom. The van der Waals surface area contributed by atoms with Crippen LogP contribution in [-0.2, 0) is 4.79 Å². The summed E-state index contributed by atoms with van der Waals surface area (Å²) in [6.07, 6.45) is 5.82. The van der Waals surface area contributed by atoms with Crippen molar-refractivity contribution < 1.29 is 4.79 Å². The van der Waals surface area contributed by atoms with Gasteiger partial charge in [-0.05, 0) is 37.5 Å². The maximum absolute atomic E-state index is 12.2. The first kappa shape index (κ1) is 15.3. The molecule has 0 radical (unpaired) electrons. The molecule has 0 bridgehead atoms. The van der Waals surface area contributed by atoms with Crippen LogP contribution in [-0.4, -0.2) is 11.4 Å². The average molecular weight is 295 g/mol. The quantitative estimate of drug-likeness (QED) is 0.892. The van der Waals surface area contributed by atoms with Crippen molar-refractivity contribution in [3.63, 3.8) is 0 Å². The van der Waals surface area contributed by atoms with Crippen LogP contribution in [0, 0.1) is 0 Å². The predicted octanol–water partition coefficient (Wildman–Crippen LogP) is 3.57. The molecule has 3 nitrogen and oxygen atoms in total. The van der Waals surface area contributed by atoms with E-state index in [4.69, 9.17) is 17.3 Å². The van der Waals surface area contributed by atoms with E-state index in [9.17, 15) is 4.79 Å². The summed E-state index contributed by atoms with van der Waals surface area (Å²) in [6, 6.07) is 7.52. The molecule has 2 rings (SSSR count). The number of nitrogens with two attached hydrogens (primary N) is 1. The monoisotopic (exact) mass is 294 g/mol. The van der Waals surface area contributed by atoms with Crippen molar-refractivity contribution in [2.75, 3.05) is 0 Å². The molecule has 0 saturated heterocycles. The van der Waals surface area contributed by atoms with E-state index in [-0.39, 0.29) is 17.5 Å². The van der Waals surface area contributed by atoms with Gasteiger partial charge in [0.25, 0.3) is 0 Å². The van der Waals surface area contributed by atoms with Crippen LogP contribution in [0.2, 0.25) is 5.02 Å². The van der Waals surface area contributed by atoms with Crippen molar-refractivity contribution in [2.45, 2.75) is 57.0 Å². The Labute approximate surface area is 125 Å². The smallest absolute Gasteiger partial charge is 0.222 e. The van der Waals surface area contributed by atoms with Gasteiger partial charge in [0, 0.05) is 17.0 Å². The fraction of sp³-hybridized carbons (Fsp3) is 0.562. The van der Waals surface area contributed by atoms with E-state index in [0.29, 0.717) is 11.4 Å². The summed E-state index contributed by atoms with van der Waals surface area (Å²) in [6.45, 7) is 1.97. The van der Waals surface area contributed by atoms with Crippen LogP contribution in [0.3, 0.4) is 0 Å². The van der Waals surface area contributed by atoms with E-state index in [2.05, 4.69) is 5.32 Å². The lowest BCUT2D eigenvalue weighted by Crippen LogP contribution is -2.46. The van der Waals surface area contributed by atoms with Gasteiger partial charge in [0.05, 0.1) is 6.04 Å². The van der Waals surface area contributed by atoms with E-state index < -0.39 is 0 Å². The molecule has 0 aromatic heterocycles. The normalized spacial score (nSPS) is 19.4. The molecule has 4 heteroatoms. The topological polar surface area (TPSA) is 55.1 Å². The van der Waals surface area contributed by atoms with Crippen molar-refractivity contribution in [3.05, 3.63) is 34.9 Å². The Morgan fingerprint density at radius 2 is 2.10 bits per heavy atom. The zero-order valence-electron chi connectivity index (χ0n) is 12.0. The Kier molecular flexibility index (Phi) is 5.06. The third-order valence-corrected chi connectivity index (χ3v) is 4.32. The summed E-state index contributed by atoms with van der Waals surface area (Å²) in [4.78, 5) is 12.2. The van der Waals surface area contributed by atoms with E-state index in [1.54, 1.807) is 0 Å². The average Bonchev–Trinajstić information content (AvgIpc) is 2.38. The van der Waals surface area contributed by atoms with Crippen molar-refractivity contribution in [1.29, 1.82) is 0 Å². The molecule has 1 aromatic rings. The molecule has 0 spiro atoms. The van der Waals surface area contributed by atoms with Gasteiger partial charge < -0.3 is 11.1 Å². The molecule has 1 aliphatic rings. The lowest BCUT2D eigenvalue weighted by Gasteiger charge is -2.33. The fourth-order valence-corrected chi connectivity index (χ4v) is 3.10. The lowest BCUT2D eigenvalue weighted by molar-refractivity contribution is -0.123. The molecule has 1 aliphatic carbocycles. The molecule has 1 amide bonds. The molecule has 1 atom stereocenters. The molecule has 0 unspecified atom stereocenters. The third-order valence-electron chi connectivity index (χ3n) is 4.09. The van der Waals surface area contributed by atoms with E-state index in [1.807, 2.05) is 31.2 Å². The number of halogens is 1. The van der Waals surface area contributed by atoms with Gasteiger partial charge in [0.2, 0.25) is 5.91 Å². The number of hydrogen-bond acceptors (Lipinski definition) is 2. The molecule has 0 aliphatic heterocycles. The van der Waals surface area contributed by atoms with Crippen molar-refractivity contribution >= 4 is 17.5 Å². The minimum absolute atomic E-state index is 0.0295. The van der Waals surface area contributed by atoms with Gasteiger partial charge in [-0.2, -0.15) is 0 Å². The second-order valence-electron chi connectivity index (χ2n) is 5.94. The summed E-state index contributed by atoms with van der Waals surface area (Å²) in [5.41, 5.74) is 7.02. The van der Waals surface area contributed by atoms with Crippen LogP contribution in [0.5, 0.6) is 0 Å². The molecule has 1 saturated carbocycles. The maximum Gasteiger partial charge on any atom is 0.222 e. The number of rotatable bonds is 4. The minimum atomic E-state index is -0.309. The highest BCUT2D eigenvalue weighted by molar-refractivity contribution is 6.30. The first-order valence-electron chi connectivity index (χ1n) is 7.32. The molecule has 1 fully saturated rings. The number of carbonyl (C=O) groups excluding carboxylic acids is 1. The zero-order chi connectivity index (χ0) is 14.6. The molecular weight excluding hydrogens is 272 g/mol. The second kappa shape index (κ2) is 6.59. The van der Waals surface area contributed by atoms with Gasteiger partial charge in [-0.1, -0.05) is 43.0 Å². The Morgan fingerprint density at radius 1 is 1.40 bits per heavy atom. The van der Waals surface area contributed by atoms with Gasteiger partial charge in [-0.15, -0.1) is 0 Å². The van der Waals surface area contributed by atoms with Crippen LogP contribution in [0.1, 0.15) is 57.1 Å². The van der Waals surface area contributed by atoms with Crippen LogP contribution in [0.15, 0.2) is 24.3 Å². The zero-order valence-corrected chi connectivity index (χ0v) is 12.7. The lowest BCUT2D eigenvalue weighted by atomic mass is 9.80. The van der Waals surface area contributed by atoms with Crippen LogP contribution in [0.4, 0.5) is 0 Å². The highest BCUT2D eigenvalue weighted by Gasteiger charge is 2.30. The number of carbonyl (C=O) groups is 1. The predicted molar refractivity (Wildman–Crippen MR) is 82.6 cm³/mol. The first-order valence-corrected chi connectivity index (χ1v) is 7.70. The highest BCUT2D eigenvalue weighted by atomic mass is 35.5. The molecule has 3 N–H and O–H groups in total. The van der Waals surface area contributed by atoms with Crippen LogP contribution < -0.4 is 11.1 Å². The second-order valence-corrected chi connectivity index (χ2v) is 6.38. The first-order chi connectivity index (χ1) is 9.48. The summed E-state index contributed by atoms with van der Waals surface area (Å²) in [5, 5.41) is 3.70. The SMILES string of the molecule is C[C@@H](NC(=O)CC1(N)CCCCC1)c1cccc(Cl)c1. The molecule has 110 valence electrons. The van der Waals surface area contributed by atoms with Crippen molar-refractivity contribution in [2.24, 2.45) is 5.73 Å². The van der Waals surface area contributed by atoms with E-state index in [0.717, 1.165) is 31.2 Å². The van der Waals surface area contributed by atoms with Crippen molar-refractivity contribution in [3.8, 4) is 0 Å². The molecule has 0 heterocycles. The van der Waals surface area contributed by atoms with Crippen LogP contribution in [0.25, 0.3) is 0 Å². The van der Waals surface area contributed by atoms with Gasteiger partial charge in [0.15, 0.2) is 0 Å². The number of benzene rings is 1. The van der Waals surface area contributed by atoms with E-state index >= 15 is 0 Å². The number of hydrogen-bond donors (Lipinski definition) is 2. The highest BCUT2D eigenvalue weighted by Crippen LogP contribution is 2.29. The largest absolute Gasteiger partial charge is 0.350 e. The van der Waals surface area contributed by atoms with Gasteiger partial charge >= 0.3 is 0 Å². The summed E-state index contributed by atoms with van der Waals surface area (Å²) in [5.74, 6) is 0.0295.